The summed E-state index contributed by atoms with van der Waals surface area (Å²) in [5.74, 6) is -1.41. The number of carboxylic acids is 1. The lowest BCUT2D eigenvalue weighted by atomic mass is 10.3. The Balaban J connectivity index is 3.22. The molecule has 0 saturated heterocycles. The van der Waals surface area contributed by atoms with Gasteiger partial charge in [-0.2, -0.15) is 0 Å². The van der Waals surface area contributed by atoms with Gasteiger partial charge in [-0.15, -0.1) is 0 Å². The Morgan fingerprint density at radius 1 is 1.59 bits per heavy atom. The van der Waals surface area contributed by atoms with Crippen LogP contribution in [0.1, 0.15) is 17.3 Å². The predicted molar refractivity (Wildman–Crippen MR) is 61.8 cm³/mol. The van der Waals surface area contributed by atoms with E-state index >= 15 is 0 Å². The minimum absolute atomic E-state index is 0.0823. The summed E-state index contributed by atoms with van der Waals surface area (Å²) in [6, 6.07) is 0. The van der Waals surface area contributed by atoms with Crippen LogP contribution in [0.25, 0.3) is 0 Å². The van der Waals surface area contributed by atoms with E-state index in [0.29, 0.717) is 0 Å². The van der Waals surface area contributed by atoms with Crippen molar-refractivity contribution in [2.45, 2.75) is 18.7 Å². The van der Waals surface area contributed by atoms with Gasteiger partial charge in [0.1, 0.15) is 5.56 Å². The normalized spacial score (nSPS) is 14.2. The van der Waals surface area contributed by atoms with E-state index < -0.39 is 33.6 Å². The van der Waals surface area contributed by atoms with Crippen LogP contribution in [-0.4, -0.2) is 36.3 Å². The molecule has 0 amide bonds. The molecule has 2 unspecified atom stereocenters. The summed E-state index contributed by atoms with van der Waals surface area (Å²) in [7, 11) is -1.14. The minimum atomic E-state index is -1.41. The maximum atomic E-state index is 11.4. The molecule has 2 N–H and O–H groups in total. The molecule has 1 rings (SSSR count). The van der Waals surface area contributed by atoms with Crippen LogP contribution in [0.15, 0.2) is 15.8 Å². The molecule has 94 valence electrons. The highest BCUT2D eigenvalue weighted by molar-refractivity contribution is 7.84. The molecular formula is C9H12N2O5S. The van der Waals surface area contributed by atoms with Crippen molar-refractivity contribution in [1.29, 1.82) is 0 Å². The number of rotatable bonds is 4. The van der Waals surface area contributed by atoms with Crippen molar-refractivity contribution in [2.24, 2.45) is 0 Å². The van der Waals surface area contributed by atoms with E-state index in [4.69, 9.17) is 5.11 Å². The Morgan fingerprint density at radius 3 is 2.65 bits per heavy atom. The molecule has 0 aliphatic carbocycles. The Bertz CT molecular complexity index is 573. The summed E-state index contributed by atoms with van der Waals surface area (Å²) in [5.41, 5.74) is -2.17. The second kappa shape index (κ2) is 5.09. The maximum Gasteiger partial charge on any atom is 0.342 e. The van der Waals surface area contributed by atoms with E-state index in [0.717, 1.165) is 10.8 Å². The molecule has 1 aromatic rings. The fourth-order valence-corrected chi connectivity index (χ4v) is 1.55. The molecule has 1 aromatic heterocycles. The number of aromatic amines is 1. The van der Waals surface area contributed by atoms with Gasteiger partial charge in [0.15, 0.2) is 0 Å². The zero-order valence-electron chi connectivity index (χ0n) is 9.30. The SMILES string of the molecule is CC(Cn1cc(C(=O)O)c(=O)[nH]c1=O)S(C)=O. The molecule has 0 spiro atoms. The summed E-state index contributed by atoms with van der Waals surface area (Å²) in [6.45, 7) is 1.74. The second-order valence-corrected chi connectivity index (χ2v) is 5.37. The topological polar surface area (TPSA) is 109 Å². The largest absolute Gasteiger partial charge is 0.477 e. The lowest BCUT2D eigenvalue weighted by molar-refractivity contribution is 0.0693. The van der Waals surface area contributed by atoms with Crippen LogP contribution in [0.3, 0.4) is 0 Å². The Morgan fingerprint density at radius 2 is 2.18 bits per heavy atom. The number of nitrogens with zero attached hydrogens (tertiary/aromatic N) is 1. The first-order chi connectivity index (χ1) is 7.82. The van der Waals surface area contributed by atoms with Gasteiger partial charge in [-0.1, -0.05) is 0 Å². The van der Waals surface area contributed by atoms with Crippen molar-refractivity contribution in [2.75, 3.05) is 6.26 Å². The Kier molecular flexibility index (Phi) is 4.00. The molecule has 17 heavy (non-hydrogen) atoms. The lowest BCUT2D eigenvalue weighted by Gasteiger charge is -2.10. The van der Waals surface area contributed by atoms with Crippen molar-refractivity contribution in [3.05, 3.63) is 32.6 Å². The summed E-state index contributed by atoms with van der Waals surface area (Å²) in [4.78, 5) is 35.1. The van der Waals surface area contributed by atoms with E-state index in [1.807, 2.05) is 4.98 Å². The van der Waals surface area contributed by atoms with E-state index in [9.17, 15) is 18.6 Å². The summed E-state index contributed by atoms with van der Waals surface area (Å²) in [6.07, 6.45) is 2.45. The van der Waals surface area contributed by atoms with Crippen LogP contribution in [0, 0.1) is 0 Å². The van der Waals surface area contributed by atoms with Crippen molar-refractivity contribution in [3.8, 4) is 0 Å². The third-order valence-electron chi connectivity index (χ3n) is 2.26. The number of hydrogen-bond acceptors (Lipinski definition) is 4. The summed E-state index contributed by atoms with van der Waals surface area (Å²) in [5, 5.41) is 8.41. The predicted octanol–water partition coefficient (Wildman–Crippen LogP) is -0.998. The molecule has 0 bridgehead atoms. The molecule has 0 aliphatic heterocycles. The second-order valence-electron chi connectivity index (χ2n) is 3.57. The fourth-order valence-electron chi connectivity index (χ4n) is 1.18. The van der Waals surface area contributed by atoms with Gasteiger partial charge in [-0.05, 0) is 6.92 Å². The van der Waals surface area contributed by atoms with Crippen molar-refractivity contribution < 1.29 is 14.1 Å². The van der Waals surface area contributed by atoms with Gasteiger partial charge in [0.05, 0.1) is 0 Å². The van der Waals surface area contributed by atoms with E-state index in [1.54, 1.807) is 6.92 Å². The van der Waals surface area contributed by atoms with Gasteiger partial charge in [0.2, 0.25) is 0 Å². The summed E-state index contributed by atoms with van der Waals surface area (Å²) < 4.78 is 12.2. The van der Waals surface area contributed by atoms with Gasteiger partial charge < -0.3 is 5.11 Å². The molecule has 0 radical (unpaired) electrons. The third kappa shape index (κ3) is 3.13. The van der Waals surface area contributed by atoms with Gasteiger partial charge in [0.25, 0.3) is 5.56 Å². The summed E-state index contributed by atoms with van der Waals surface area (Å²) >= 11 is 0. The Labute approximate surface area is 98.6 Å². The van der Waals surface area contributed by atoms with Crippen LogP contribution in [0.4, 0.5) is 0 Å². The first-order valence-electron chi connectivity index (χ1n) is 4.72. The zero-order chi connectivity index (χ0) is 13.2. The molecule has 0 fully saturated rings. The minimum Gasteiger partial charge on any atom is -0.477 e. The quantitative estimate of drug-likeness (QED) is 0.721. The highest BCUT2D eigenvalue weighted by atomic mass is 32.2. The van der Waals surface area contributed by atoms with E-state index in [-0.39, 0.29) is 11.8 Å². The average molecular weight is 260 g/mol. The van der Waals surface area contributed by atoms with E-state index in [1.165, 1.54) is 6.26 Å². The molecule has 7 nitrogen and oxygen atoms in total. The van der Waals surface area contributed by atoms with Crippen molar-refractivity contribution in [3.63, 3.8) is 0 Å². The van der Waals surface area contributed by atoms with Crippen LogP contribution >= 0.6 is 0 Å². The molecule has 8 heteroatoms. The zero-order valence-corrected chi connectivity index (χ0v) is 10.1. The number of carboxylic acid groups (broad SMARTS) is 1. The number of aromatic nitrogens is 2. The number of hydrogen-bond donors (Lipinski definition) is 2. The molecule has 0 saturated carbocycles. The van der Waals surface area contributed by atoms with E-state index in [2.05, 4.69) is 0 Å². The van der Waals surface area contributed by atoms with Crippen LogP contribution in [0.2, 0.25) is 0 Å². The number of H-pyrrole nitrogens is 1. The van der Waals surface area contributed by atoms with Crippen molar-refractivity contribution in [1.82, 2.24) is 9.55 Å². The number of carbonyl (C=O) groups is 1. The monoisotopic (exact) mass is 260 g/mol. The lowest BCUT2D eigenvalue weighted by Crippen LogP contribution is -2.35. The van der Waals surface area contributed by atoms with Gasteiger partial charge >= 0.3 is 11.7 Å². The molecule has 0 aromatic carbocycles. The Hall–Kier alpha value is -1.70. The first kappa shape index (κ1) is 13.4. The van der Waals surface area contributed by atoms with Gasteiger partial charge in [-0.3, -0.25) is 18.6 Å². The maximum absolute atomic E-state index is 11.4. The fraction of sp³-hybridized carbons (Fsp3) is 0.444. The number of aromatic carboxylic acids is 1. The van der Waals surface area contributed by atoms with Crippen LogP contribution < -0.4 is 11.2 Å². The number of nitrogens with one attached hydrogen (secondary N) is 1. The molecular weight excluding hydrogens is 248 g/mol. The average Bonchev–Trinajstić information content (AvgIpc) is 2.21. The smallest absolute Gasteiger partial charge is 0.342 e. The van der Waals surface area contributed by atoms with Crippen LogP contribution in [-0.2, 0) is 17.3 Å². The standard InChI is InChI=1S/C9H12N2O5S/c1-5(17(2)16)3-11-4-6(8(13)14)7(12)10-9(11)15/h4-5H,3H2,1-2H3,(H,13,14)(H,10,12,15). The van der Waals surface area contributed by atoms with Crippen molar-refractivity contribution >= 4 is 16.8 Å². The van der Waals surface area contributed by atoms with Gasteiger partial charge in [-0.25, -0.2) is 9.59 Å². The van der Waals surface area contributed by atoms with Gasteiger partial charge in [0, 0.05) is 35.0 Å². The first-order valence-corrected chi connectivity index (χ1v) is 6.34. The molecule has 2 atom stereocenters. The third-order valence-corrected chi connectivity index (χ3v) is 3.54. The van der Waals surface area contributed by atoms with Crippen LogP contribution in [0.5, 0.6) is 0 Å². The highest BCUT2D eigenvalue weighted by Gasteiger charge is 2.14. The molecule has 1 heterocycles. The highest BCUT2D eigenvalue weighted by Crippen LogP contribution is 1.97. The molecule has 0 aliphatic rings.